The first-order chi connectivity index (χ1) is 4.54. The number of carbonyl (C=O) groups is 2. The molecule has 0 aromatic rings. The van der Waals surface area contributed by atoms with Crippen molar-refractivity contribution >= 4 is 11.9 Å². The SMILES string of the molecule is C=CC(=O)O.C=CC(N)=O.[Zn]. The van der Waals surface area contributed by atoms with Crippen molar-refractivity contribution in [3.8, 4) is 0 Å². The summed E-state index contributed by atoms with van der Waals surface area (Å²) in [5.41, 5.74) is 4.53. The number of rotatable bonds is 2. The van der Waals surface area contributed by atoms with Gasteiger partial charge in [0.1, 0.15) is 0 Å². The summed E-state index contributed by atoms with van der Waals surface area (Å²) < 4.78 is 0. The van der Waals surface area contributed by atoms with Gasteiger partial charge in [0.2, 0.25) is 5.91 Å². The maximum Gasteiger partial charge on any atom is 0.327 e. The smallest absolute Gasteiger partial charge is 0.327 e. The summed E-state index contributed by atoms with van der Waals surface area (Å²) in [6.45, 7) is 6.05. The Kier molecular flexibility index (Phi) is 17.8. The first kappa shape index (κ1) is 16.6. The van der Waals surface area contributed by atoms with Crippen LogP contribution < -0.4 is 5.73 Å². The minimum Gasteiger partial charge on any atom is -0.478 e. The van der Waals surface area contributed by atoms with Crippen molar-refractivity contribution in [2.75, 3.05) is 0 Å². The summed E-state index contributed by atoms with van der Waals surface area (Å²) in [5, 5.41) is 7.60. The Balaban J connectivity index is -0.000000107. The predicted molar refractivity (Wildman–Crippen MR) is 37.2 cm³/mol. The zero-order chi connectivity index (χ0) is 8.57. The van der Waals surface area contributed by atoms with E-state index >= 15 is 0 Å². The Morgan fingerprint density at radius 3 is 1.45 bits per heavy atom. The van der Waals surface area contributed by atoms with Crippen LogP contribution in [0.25, 0.3) is 0 Å². The number of hydrogen-bond acceptors (Lipinski definition) is 2. The third-order valence-electron chi connectivity index (χ3n) is 0.376. The van der Waals surface area contributed by atoms with Crippen LogP contribution in [0.1, 0.15) is 0 Å². The van der Waals surface area contributed by atoms with Crippen molar-refractivity contribution in [3.63, 3.8) is 0 Å². The maximum atomic E-state index is 9.47. The largest absolute Gasteiger partial charge is 0.478 e. The summed E-state index contributed by atoms with van der Waals surface area (Å²) in [4.78, 5) is 18.7. The Labute approximate surface area is 77.5 Å². The molecule has 5 heteroatoms. The van der Waals surface area contributed by atoms with Crippen LogP contribution in [0.3, 0.4) is 0 Å². The minimum atomic E-state index is -0.981. The van der Waals surface area contributed by atoms with Crippen LogP contribution in [0.2, 0.25) is 0 Å². The van der Waals surface area contributed by atoms with Crippen molar-refractivity contribution < 1.29 is 34.2 Å². The molecule has 0 spiro atoms. The molecule has 0 bridgehead atoms. The van der Waals surface area contributed by atoms with E-state index in [0.717, 1.165) is 12.2 Å². The molecule has 0 atom stereocenters. The van der Waals surface area contributed by atoms with Gasteiger partial charge in [0.15, 0.2) is 0 Å². The number of hydrogen-bond donors (Lipinski definition) is 2. The third-order valence-corrected chi connectivity index (χ3v) is 0.376. The van der Waals surface area contributed by atoms with Gasteiger partial charge in [0.05, 0.1) is 0 Å². The molecule has 3 N–H and O–H groups in total. The zero-order valence-corrected chi connectivity index (χ0v) is 9.08. The predicted octanol–water partition coefficient (Wildman–Crippen LogP) is -0.0878. The molecule has 0 fully saturated rings. The van der Waals surface area contributed by atoms with E-state index in [9.17, 15) is 9.59 Å². The van der Waals surface area contributed by atoms with Gasteiger partial charge in [0, 0.05) is 25.6 Å². The summed E-state index contributed by atoms with van der Waals surface area (Å²) in [5.74, 6) is -1.46. The van der Waals surface area contributed by atoms with Crippen molar-refractivity contribution in [1.82, 2.24) is 0 Å². The van der Waals surface area contributed by atoms with E-state index in [2.05, 4.69) is 18.9 Å². The molecule has 0 aromatic carbocycles. The second-order valence-electron chi connectivity index (χ2n) is 1.15. The van der Waals surface area contributed by atoms with Gasteiger partial charge >= 0.3 is 5.97 Å². The molecule has 4 nitrogen and oxygen atoms in total. The van der Waals surface area contributed by atoms with E-state index in [1.165, 1.54) is 0 Å². The van der Waals surface area contributed by atoms with E-state index in [4.69, 9.17) is 5.11 Å². The number of carboxylic acid groups (broad SMARTS) is 1. The Bertz CT molecular complexity index is 138. The fraction of sp³-hybridized carbons (Fsp3) is 0. The van der Waals surface area contributed by atoms with Gasteiger partial charge in [-0.3, -0.25) is 4.79 Å². The molecular weight excluding hydrogens is 199 g/mol. The monoisotopic (exact) mass is 207 g/mol. The van der Waals surface area contributed by atoms with E-state index < -0.39 is 11.9 Å². The van der Waals surface area contributed by atoms with Crippen molar-refractivity contribution in [2.45, 2.75) is 0 Å². The molecule has 0 aliphatic rings. The molecule has 0 aliphatic heterocycles. The standard InChI is InChI=1S/C3H5NO.C3H4O2.Zn/c2*1-2-3(4)5;/h2H,1H2,(H2,4,5);2H,1H2,(H,4,5);. The molecule has 0 unspecified atom stereocenters. The second-order valence-corrected chi connectivity index (χ2v) is 1.15. The molecule has 11 heavy (non-hydrogen) atoms. The number of aliphatic carboxylic acids is 1. The maximum absolute atomic E-state index is 9.47. The molecule has 0 aromatic heterocycles. The van der Waals surface area contributed by atoms with Gasteiger partial charge in [-0.05, 0) is 6.08 Å². The fourth-order valence-corrected chi connectivity index (χ4v) is 0. The van der Waals surface area contributed by atoms with Crippen LogP contribution in [0.15, 0.2) is 25.3 Å². The molecule has 0 saturated carbocycles. The molecular formula is C6H9NO3Zn. The molecule has 0 aliphatic carbocycles. The second kappa shape index (κ2) is 11.8. The van der Waals surface area contributed by atoms with Gasteiger partial charge in [0.25, 0.3) is 0 Å². The molecule has 0 heterocycles. The Morgan fingerprint density at radius 1 is 1.27 bits per heavy atom. The first-order valence-electron chi connectivity index (χ1n) is 2.31. The fourth-order valence-electron chi connectivity index (χ4n) is 0. The van der Waals surface area contributed by atoms with E-state index in [1.54, 1.807) is 0 Å². The van der Waals surface area contributed by atoms with Gasteiger partial charge in [-0.1, -0.05) is 13.2 Å². The zero-order valence-electron chi connectivity index (χ0n) is 6.12. The van der Waals surface area contributed by atoms with Crippen LogP contribution in [-0.2, 0) is 29.1 Å². The van der Waals surface area contributed by atoms with Crippen LogP contribution >= 0.6 is 0 Å². The Hall–Kier alpha value is -0.957. The summed E-state index contributed by atoms with van der Waals surface area (Å²) in [6.07, 6.45) is 1.89. The number of amides is 1. The summed E-state index contributed by atoms with van der Waals surface area (Å²) >= 11 is 0. The van der Waals surface area contributed by atoms with Crippen molar-refractivity contribution in [3.05, 3.63) is 25.3 Å². The number of carboxylic acids is 1. The first-order valence-corrected chi connectivity index (χ1v) is 2.31. The molecule has 58 valence electrons. The third kappa shape index (κ3) is 48.4. The summed E-state index contributed by atoms with van der Waals surface area (Å²) in [6, 6.07) is 0. The van der Waals surface area contributed by atoms with Gasteiger partial charge < -0.3 is 10.8 Å². The summed E-state index contributed by atoms with van der Waals surface area (Å²) in [7, 11) is 0. The van der Waals surface area contributed by atoms with Crippen molar-refractivity contribution in [2.24, 2.45) is 5.73 Å². The average molecular weight is 209 g/mol. The van der Waals surface area contributed by atoms with Crippen LogP contribution in [0.4, 0.5) is 0 Å². The number of primary amides is 1. The van der Waals surface area contributed by atoms with Crippen LogP contribution in [-0.4, -0.2) is 17.0 Å². The van der Waals surface area contributed by atoms with E-state index in [-0.39, 0.29) is 19.5 Å². The molecule has 0 radical (unpaired) electrons. The number of carbonyl (C=O) groups excluding carboxylic acids is 1. The molecule has 0 rings (SSSR count). The van der Waals surface area contributed by atoms with E-state index in [1.807, 2.05) is 0 Å². The molecule has 1 amide bonds. The van der Waals surface area contributed by atoms with Gasteiger partial charge in [-0.25, -0.2) is 4.79 Å². The minimum absolute atomic E-state index is 0. The van der Waals surface area contributed by atoms with E-state index in [0.29, 0.717) is 0 Å². The average Bonchev–Trinajstić information content (AvgIpc) is 1.89. The molecule has 0 saturated heterocycles. The van der Waals surface area contributed by atoms with Gasteiger partial charge in [-0.2, -0.15) is 0 Å². The topological polar surface area (TPSA) is 80.4 Å². The Morgan fingerprint density at radius 2 is 1.45 bits per heavy atom. The quantitative estimate of drug-likeness (QED) is 0.492. The number of nitrogens with two attached hydrogens (primary N) is 1. The normalized spacial score (nSPS) is 5.82. The van der Waals surface area contributed by atoms with Gasteiger partial charge in [-0.15, -0.1) is 0 Å². The van der Waals surface area contributed by atoms with Crippen molar-refractivity contribution in [1.29, 1.82) is 0 Å². The van der Waals surface area contributed by atoms with Crippen LogP contribution in [0, 0.1) is 0 Å². The van der Waals surface area contributed by atoms with Crippen LogP contribution in [0.5, 0.6) is 0 Å².